The Balaban J connectivity index is 0.00000593. The molecule has 352 valence electrons. The summed E-state index contributed by atoms with van der Waals surface area (Å²) in [5, 5.41) is 2.13. The topological polar surface area (TPSA) is 33.5 Å². The molecule has 69 heavy (non-hydrogen) atoms. The van der Waals surface area contributed by atoms with Crippen molar-refractivity contribution in [3.8, 4) is 39.6 Å². The summed E-state index contributed by atoms with van der Waals surface area (Å²) in [7, 11) is 0. The van der Waals surface area contributed by atoms with Crippen LogP contribution in [0.15, 0.2) is 134 Å². The Labute approximate surface area is 417 Å². The van der Waals surface area contributed by atoms with E-state index in [1.165, 1.54) is 11.1 Å². The second-order valence-electron chi connectivity index (χ2n) is 19.5. The van der Waals surface area contributed by atoms with Gasteiger partial charge in [0.2, 0.25) is 0 Å². The SMILES string of the molecule is Cc1ccc(-c2cc(Oc3[c-]c4c(cc3)c3ccccc3n4-c3cc(C(C)(C)C)ccn3)[c-]c(N3[CH-]N(c4c(C(C)C)cc(-c5c(F)cc(F)cc5F)cc4C(C)C)c4ccccc43)c2)c(C)c1.[Pt]. The van der Waals surface area contributed by atoms with E-state index in [0.717, 1.165) is 90.3 Å². The quantitative estimate of drug-likeness (QED) is 0.135. The first-order valence-corrected chi connectivity index (χ1v) is 23.1. The number of aromatic nitrogens is 2. The van der Waals surface area contributed by atoms with E-state index in [1.807, 2.05) is 48.7 Å². The number of rotatable bonds is 9. The maximum absolute atomic E-state index is 15.4. The van der Waals surface area contributed by atoms with Crippen LogP contribution in [0, 0.1) is 50.1 Å². The molecule has 7 aromatic carbocycles. The van der Waals surface area contributed by atoms with Gasteiger partial charge in [-0.1, -0.05) is 108 Å². The summed E-state index contributed by atoms with van der Waals surface area (Å²) in [6.07, 6.45) is 1.87. The van der Waals surface area contributed by atoms with Gasteiger partial charge in [0.05, 0.1) is 5.56 Å². The van der Waals surface area contributed by atoms with Gasteiger partial charge in [-0.05, 0) is 112 Å². The van der Waals surface area contributed by atoms with Crippen LogP contribution in [0.5, 0.6) is 11.5 Å². The number of hydrogen-bond acceptors (Lipinski definition) is 4. The molecule has 0 bridgehead atoms. The van der Waals surface area contributed by atoms with Crippen LogP contribution in [0.4, 0.5) is 35.9 Å². The smallest absolute Gasteiger partial charge is 0.136 e. The Bertz CT molecular complexity index is 3390. The third-order valence-corrected chi connectivity index (χ3v) is 13.0. The average Bonchev–Trinajstić information content (AvgIpc) is 3.84. The molecule has 2 aromatic heterocycles. The standard InChI is InChI=1S/C60H52F3N4O.Pt/c1-35(2)49-27-40(58-51(62)30-42(61)31-52(58)63)28-50(36(3)4)59(49)66-34-65(54-16-12-13-17-55(54)66)43-25-39(46-20-18-37(5)24-38(46)6)26-45(32-43)68-44-19-21-48-47-14-10-11-15-53(47)67(56(48)33-44)57-29-41(22-23-64-57)60(7,8)9;/h10-31,34-36H,1-9H3;/q-3;. The Morgan fingerprint density at radius 2 is 1.32 bits per heavy atom. The molecule has 0 fully saturated rings. The third-order valence-electron chi connectivity index (χ3n) is 13.0. The maximum Gasteiger partial charge on any atom is 0.136 e. The first-order valence-electron chi connectivity index (χ1n) is 23.1. The van der Waals surface area contributed by atoms with E-state index in [2.05, 4.69) is 168 Å². The molecule has 1 aliphatic rings. The summed E-state index contributed by atoms with van der Waals surface area (Å²) >= 11 is 0. The number of benzene rings is 7. The number of anilines is 4. The Kier molecular flexibility index (Phi) is 12.6. The van der Waals surface area contributed by atoms with Crippen LogP contribution in [0.25, 0.3) is 49.9 Å². The number of pyridine rings is 1. The molecule has 9 heteroatoms. The summed E-state index contributed by atoms with van der Waals surface area (Å²) in [5.74, 6) is -1.09. The van der Waals surface area contributed by atoms with Gasteiger partial charge in [-0.15, -0.1) is 53.6 Å². The van der Waals surface area contributed by atoms with Crippen molar-refractivity contribution in [1.82, 2.24) is 9.55 Å². The van der Waals surface area contributed by atoms with E-state index in [1.54, 1.807) is 0 Å². The first kappa shape index (κ1) is 47.4. The monoisotopic (exact) mass is 1100 g/mol. The molecule has 1 aliphatic heterocycles. The zero-order valence-electron chi connectivity index (χ0n) is 40.1. The normalized spacial score (nSPS) is 12.7. The molecular formula is C60H52F3N4OPt-3. The molecule has 5 nitrogen and oxygen atoms in total. The Morgan fingerprint density at radius 3 is 1.99 bits per heavy atom. The van der Waals surface area contributed by atoms with Crippen molar-refractivity contribution >= 4 is 44.6 Å². The van der Waals surface area contributed by atoms with E-state index in [4.69, 9.17) is 9.72 Å². The van der Waals surface area contributed by atoms with Gasteiger partial charge in [0, 0.05) is 73.5 Å². The Morgan fingerprint density at radius 1 is 0.652 bits per heavy atom. The summed E-state index contributed by atoms with van der Waals surface area (Å²) < 4.78 is 53.9. The number of aryl methyl sites for hydroxylation is 2. The van der Waals surface area contributed by atoms with Gasteiger partial charge >= 0.3 is 0 Å². The summed E-state index contributed by atoms with van der Waals surface area (Å²) in [6, 6.07) is 47.9. The third kappa shape index (κ3) is 8.73. The van der Waals surface area contributed by atoms with E-state index >= 15 is 8.78 Å². The fourth-order valence-electron chi connectivity index (χ4n) is 9.59. The summed E-state index contributed by atoms with van der Waals surface area (Å²) in [6.45, 7) is 21.2. The molecule has 0 atom stereocenters. The number of fused-ring (bicyclic) bond motifs is 4. The van der Waals surface area contributed by atoms with Gasteiger partial charge in [-0.25, -0.2) is 18.2 Å². The number of ether oxygens (including phenoxy) is 1. The minimum absolute atomic E-state index is 0. The summed E-state index contributed by atoms with van der Waals surface area (Å²) in [4.78, 5) is 9.16. The zero-order valence-corrected chi connectivity index (χ0v) is 42.4. The van der Waals surface area contributed by atoms with Gasteiger partial charge in [0.15, 0.2) is 0 Å². The molecule has 0 N–H and O–H groups in total. The average molecular weight is 1100 g/mol. The Hall–Kier alpha value is -6.63. The molecule has 0 saturated heterocycles. The molecular weight excluding hydrogens is 1040 g/mol. The van der Waals surface area contributed by atoms with Crippen molar-refractivity contribution < 1.29 is 39.0 Å². The number of halogens is 3. The fraction of sp³-hybridized carbons (Fsp3) is 0.200. The minimum atomic E-state index is -0.956. The van der Waals surface area contributed by atoms with Crippen LogP contribution >= 0.6 is 0 Å². The molecule has 3 heterocycles. The minimum Gasteiger partial charge on any atom is -0.509 e. The van der Waals surface area contributed by atoms with Crippen molar-refractivity contribution in [2.75, 3.05) is 9.80 Å². The molecule has 0 radical (unpaired) electrons. The predicted molar refractivity (Wildman–Crippen MR) is 271 cm³/mol. The first-order chi connectivity index (χ1) is 32.5. The molecule has 0 spiro atoms. The van der Waals surface area contributed by atoms with E-state index in [9.17, 15) is 4.39 Å². The molecule has 0 amide bonds. The van der Waals surface area contributed by atoms with Crippen molar-refractivity contribution in [1.29, 1.82) is 0 Å². The van der Waals surface area contributed by atoms with Crippen LogP contribution < -0.4 is 14.5 Å². The zero-order chi connectivity index (χ0) is 47.8. The van der Waals surface area contributed by atoms with Gasteiger partial charge < -0.3 is 19.1 Å². The molecule has 0 aliphatic carbocycles. The van der Waals surface area contributed by atoms with Crippen LogP contribution in [-0.2, 0) is 26.5 Å². The molecule has 0 unspecified atom stereocenters. The van der Waals surface area contributed by atoms with Crippen LogP contribution in [0.1, 0.15) is 88.1 Å². The molecule has 0 saturated carbocycles. The van der Waals surface area contributed by atoms with E-state index in [0.29, 0.717) is 17.1 Å². The van der Waals surface area contributed by atoms with Crippen LogP contribution in [-0.4, -0.2) is 9.55 Å². The van der Waals surface area contributed by atoms with Gasteiger partial charge in [-0.2, -0.15) is 6.07 Å². The second kappa shape index (κ2) is 18.4. The van der Waals surface area contributed by atoms with Crippen molar-refractivity contribution in [2.24, 2.45) is 0 Å². The fourth-order valence-corrected chi connectivity index (χ4v) is 9.59. The maximum atomic E-state index is 15.4. The van der Waals surface area contributed by atoms with E-state index in [-0.39, 0.29) is 43.9 Å². The van der Waals surface area contributed by atoms with Gasteiger partial charge in [0.25, 0.3) is 0 Å². The van der Waals surface area contributed by atoms with Crippen molar-refractivity contribution in [3.05, 3.63) is 198 Å². The molecule has 10 rings (SSSR count). The van der Waals surface area contributed by atoms with Crippen LogP contribution in [0.3, 0.4) is 0 Å². The van der Waals surface area contributed by atoms with Crippen LogP contribution in [0.2, 0.25) is 0 Å². The van der Waals surface area contributed by atoms with Crippen molar-refractivity contribution in [2.45, 2.75) is 79.6 Å². The predicted octanol–water partition coefficient (Wildman–Crippen LogP) is 16.9. The number of hydrogen-bond donors (Lipinski definition) is 0. The van der Waals surface area contributed by atoms with Gasteiger partial charge in [-0.3, -0.25) is 0 Å². The number of nitrogens with zero attached hydrogens (tertiary/aromatic N) is 4. The number of para-hydroxylation sites is 3. The van der Waals surface area contributed by atoms with E-state index < -0.39 is 17.5 Å². The largest absolute Gasteiger partial charge is 0.509 e. The molecule has 9 aromatic rings. The second-order valence-corrected chi connectivity index (χ2v) is 19.5. The van der Waals surface area contributed by atoms with Crippen molar-refractivity contribution in [3.63, 3.8) is 0 Å². The van der Waals surface area contributed by atoms with Gasteiger partial charge in [0.1, 0.15) is 23.3 Å². The summed E-state index contributed by atoms with van der Waals surface area (Å²) in [5.41, 5.74) is 12.7.